The molecule has 0 amide bonds. The van der Waals surface area contributed by atoms with Gasteiger partial charge in [-0.25, -0.2) is 4.79 Å². The Balaban J connectivity index is 1.99. The summed E-state index contributed by atoms with van der Waals surface area (Å²) in [7, 11) is 1.99. The number of benzene rings is 1. The average molecular weight is 263 g/mol. The van der Waals surface area contributed by atoms with E-state index >= 15 is 0 Å². The van der Waals surface area contributed by atoms with Gasteiger partial charge in [-0.15, -0.1) is 0 Å². The number of nitrogens with one attached hydrogen (secondary N) is 2. The Morgan fingerprint density at radius 3 is 2.63 bits per heavy atom. The van der Waals surface area contributed by atoms with Crippen molar-refractivity contribution < 1.29 is 5.11 Å². The Bertz CT molecular complexity index is 607. The van der Waals surface area contributed by atoms with Crippen LogP contribution in [0, 0.1) is 0 Å². The molecule has 0 atom stereocenters. The monoisotopic (exact) mass is 263 g/mol. The molecule has 0 saturated carbocycles. The zero-order valence-electron chi connectivity index (χ0n) is 11.7. The van der Waals surface area contributed by atoms with Gasteiger partial charge in [0.2, 0.25) is 0 Å². The van der Waals surface area contributed by atoms with Crippen LogP contribution in [0.25, 0.3) is 11.0 Å². The maximum Gasteiger partial charge on any atom is 0.323 e. The van der Waals surface area contributed by atoms with Gasteiger partial charge in [0.25, 0.3) is 0 Å². The third-order valence-electron chi connectivity index (χ3n) is 3.02. The molecule has 5 nitrogen and oxygen atoms in total. The van der Waals surface area contributed by atoms with Crippen molar-refractivity contribution in [3.63, 3.8) is 0 Å². The first-order valence-corrected chi connectivity index (χ1v) is 6.45. The van der Waals surface area contributed by atoms with E-state index in [2.05, 4.69) is 14.9 Å². The first-order chi connectivity index (χ1) is 8.83. The molecule has 0 aliphatic heterocycles. The molecule has 0 saturated heterocycles. The summed E-state index contributed by atoms with van der Waals surface area (Å²) in [6, 6.07) is 5.92. The van der Waals surface area contributed by atoms with Crippen LogP contribution in [0.5, 0.6) is 0 Å². The Kier molecular flexibility index (Phi) is 3.78. The molecular weight excluding hydrogens is 242 g/mol. The van der Waals surface area contributed by atoms with Crippen LogP contribution in [0.1, 0.15) is 19.4 Å². The largest absolute Gasteiger partial charge is 0.389 e. The van der Waals surface area contributed by atoms with E-state index in [9.17, 15) is 9.90 Å². The van der Waals surface area contributed by atoms with Crippen LogP contribution < -0.4 is 5.69 Å². The Morgan fingerprint density at radius 1 is 1.26 bits per heavy atom. The van der Waals surface area contributed by atoms with Gasteiger partial charge in [0.05, 0.1) is 16.6 Å². The van der Waals surface area contributed by atoms with Crippen molar-refractivity contribution in [3.05, 3.63) is 34.2 Å². The second-order valence-corrected chi connectivity index (χ2v) is 5.76. The third kappa shape index (κ3) is 3.94. The van der Waals surface area contributed by atoms with Crippen molar-refractivity contribution in [2.45, 2.75) is 25.9 Å². The molecular formula is C14H21N3O2. The fourth-order valence-electron chi connectivity index (χ4n) is 2.29. The van der Waals surface area contributed by atoms with Gasteiger partial charge in [0.15, 0.2) is 0 Å². The lowest BCUT2D eigenvalue weighted by Crippen LogP contribution is -2.37. The van der Waals surface area contributed by atoms with E-state index in [0.29, 0.717) is 6.54 Å². The molecule has 104 valence electrons. The lowest BCUT2D eigenvalue weighted by atomic mass is 10.1. The molecule has 1 heterocycles. The summed E-state index contributed by atoms with van der Waals surface area (Å²) in [5, 5.41) is 9.74. The molecule has 0 unspecified atom stereocenters. The predicted octanol–water partition coefficient (Wildman–Crippen LogP) is 1.10. The van der Waals surface area contributed by atoms with Gasteiger partial charge >= 0.3 is 5.69 Å². The molecule has 0 fully saturated rings. The summed E-state index contributed by atoms with van der Waals surface area (Å²) in [5.41, 5.74) is 1.99. The van der Waals surface area contributed by atoms with Crippen LogP contribution >= 0.6 is 0 Å². The maximum atomic E-state index is 11.2. The number of hydrogen-bond acceptors (Lipinski definition) is 3. The summed E-state index contributed by atoms with van der Waals surface area (Å²) in [6.07, 6.45) is 0.885. The van der Waals surface area contributed by atoms with Crippen molar-refractivity contribution in [2.75, 3.05) is 20.1 Å². The highest BCUT2D eigenvalue weighted by molar-refractivity contribution is 5.74. The van der Waals surface area contributed by atoms with Crippen LogP contribution in [0.4, 0.5) is 0 Å². The number of fused-ring (bicyclic) bond motifs is 1. The molecule has 0 bridgehead atoms. The fourth-order valence-corrected chi connectivity index (χ4v) is 2.29. The zero-order valence-corrected chi connectivity index (χ0v) is 11.7. The number of rotatable bonds is 5. The minimum atomic E-state index is -0.676. The van der Waals surface area contributed by atoms with E-state index in [4.69, 9.17) is 0 Å². The molecule has 2 aromatic rings. The number of hydrogen-bond donors (Lipinski definition) is 3. The van der Waals surface area contributed by atoms with E-state index in [1.54, 1.807) is 13.8 Å². The van der Waals surface area contributed by atoms with E-state index in [1.165, 1.54) is 5.56 Å². The Labute approximate surface area is 112 Å². The quantitative estimate of drug-likeness (QED) is 0.756. The van der Waals surface area contributed by atoms with Crippen molar-refractivity contribution in [1.29, 1.82) is 0 Å². The summed E-state index contributed by atoms with van der Waals surface area (Å²) >= 11 is 0. The molecule has 2 rings (SSSR count). The number of aliphatic hydroxyl groups is 1. The van der Waals surface area contributed by atoms with Gasteiger partial charge in [-0.3, -0.25) is 0 Å². The first kappa shape index (κ1) is 13.8. The predicted molar refractivity (Wildman–Crippen MR) is 76.4 cm³/mol. The van der Waals surface area contributed by atoms with E-state index in [-0.39, 0.29) is 5.69 Å². The van der Waals surface area contributed by atoms with Crippen molar-refractivity contribution in [1.82, 2.24) is 14.9 Å². The Hall–Kier alpha value is -1.59. The number of aromatic amines is 2. The normalized spacial score (nSPS) is 12.5. The fraction of sp³-hybridized carbons (Fsp3) is 0.500. The molecule has 0 aliphatic carbocycles. The van der Waals surface area contributed by atoms with E-state index < -0.39 is 5.60 Å². The highest BCUT2D eigenvalue weighted by Gasteiger charge is 2.15. The number of aromatic nitrogens is 2. The Morgan fingerprint density at radius 2 is 1.95 bits per heavy atom. The second kappa shape index (κ2) is 5.19. The van der Waals surface area contributed by atoms with Gasteiger partial charge in [-0.05, 0) is 45.0 Å². The van der Waals surface area contributed by atoms with E-state index in [0.717, 1.165) is 24.0 Å². The summed E-state index contributed by atoms with van der Waals surface area (Å²) in [5.74, 6) is 0. The zero-order chi connectivity index (χ0) is 14.0. The number of likely N-dealkylation sites (N-methyl/N-ethyl adjacent to an activating group) is 1. The van der Waals surface area contributed by atoms with Crippen LogP contribution in [-0.2, 0) is 6.42 Å². The number of H-pyrrole nitrogens is 2. The molecule has 3 N–H and O–H groups in total. The lowest BCUT2D eigenvalue weighted by Gasteiger charge is -2.25. The van der Waals surface area contributed by atoms with Crippen LogP contribution in [0.15, 0.2) is 23.0 Å². The molecule has 0 aliphatic rings. The molecule has 0 radical (unpaired) electrons. The van der Waals surface area contributed by atoms with Crippen molar-refractivity contribution in [2.24, 2.45) is 0 Å². The summed E-state index contributed by atoms with van der Waals surface area (Å²) < 4.78 is 0. The highest BCUT2D eigenvalue weighted by Crippen LogP contribution is 2.11. The third-order valence-corrected chi connectivity index (χ3v) is 3.02. The van der Waals surface area contributed by atoms with Crippen LogP contribution in [-0.4, -0.2) is 45.7 Å². The van der Waals surface area contributed by atoms with Crippen LogP contribution in [0.2, 0.25) is 0 Å². The molecule has 1 aromatic carbocycles. The second-order valence-electron chi connectivity index (χ2n) is 5.76. The van der Waals surface area contributed by atoms with Crippen LogP contribution in [0.3, 0.4) is 0 Å². The molecule has 5 heteroatoms. The smallest absolute Gasteiger partial charge is 0.323 e. The molecule has 0 spiro atoms. The maximum absolute atomic E-state index is 11.2. The van der Waals surface area contributed by atoms with Gasteiger partial charge in [0, 0.05) is 13.1 Å². The first-order valence-electron chi connectivity index (χ1n) is 6.45. The SMILES string of the molecule is CN(CCc1ccc2[nH]c(=O)[nH]c2c1)CC(C)(C)O. The minimum Gasteiger partial charge on any atom is -0.389 e. The summed E-state index contributed by atoms with van der Waals surface area (Å²) in [4.78, 5) is 18.8. The van der Waals surface area contributed by atoms with E-state index in [1.807, 2.05) is 25.2 Å². The van der Waals surface area contributed by atoms with Crippen molar-refractivity contribution >= 4 is 11.0 Å². The average Bonchev–Trinajstić information content (AvgIpc) is 2.63. The lowest BCUT2D eigenvalue weighted by molar-refractivity contribution is 0.0450. The number of imidazole rings is 1. The van der Waals surface area contributed by atoms with Crippen molar-refractivity contribution in [3.8, 4) is 0 Å². The van der Waals surface area contributed by atoms with Gasteiger partial charge in [-0.1, -0.05) is 6.07 Å². The summed E-state index contributed by atoms with van der Waals surface area (Å²) in [6.45, 7) is 5.11. The number of nitrogens with zero attached hydrogens (tertiary/aromatic N) is 1. The highest BCUT2D eigenvalue weighted by atomic mass is 16.3. The standard InChI is InChI=1S/C14H21N3O2/c1-14(2,19)9-17(3)7-6-10-4-5-11-12(8-10)16-13(18)15-11/h4-5,8,19H,6-7,9H2,1-3H3,(H2,15,16,18). The topological polar surface area (TPSA) is 72.1 Å². The van der Waals surface area contributed by atoms with Gasteiger partial charge in [0.1, 0.15) is 0 Å². The molecule has 19 heavy (non-hydrogen) atoms. The van der Waals surface area contributed by atoms with Gasteiger partial charge < -0.3 is 20.0 Å². The molecule has 1 aromatic heterocycles. The minimum absolute atomic E-state index is 0.175. The van der Waals surface area contributed by atoms with Gasteiger partial charge in [-0.2, -0.15) is 0 Å².